The third kappa shape index (κ3) is 1.62. The van der Waals surface area contributed by atoms with E-state index in [1.165, 1.54) is 19.3 Å². The van der Waals surface area contributed by atoms with Crippen molar-refractivity contribution in [2.75, 3.05) is 0 Å². The van der Waals surface area contributed by atoms with Crippen molar-refractivity contribution in [2.24, 2.45) is 11.8 Å². The van der Waals surface area contributed by atoms with Crippen LogP contribution in [0.25, 0.3) is 0 Å². The van der Waals surface area contributed by atoms with Gasteiger partial charge in [0.25, 0.3) is 0 Å². The smallest absolute Gasteiger partial charge is 0.0231 e. The lowest BCUT2D eigenvalue weighted by Crippen LogP contribution is -2.13. The van der Waals surface area contributed by atoms with Gasteiger partial charge in [0.05, 0.1) is 0 Å². The number of hydrogen-bond donors (Lipinski definition) is 0. The molecule has 0 heteroatoms. The molecule has 1 rings (SSSR count). The number of rotatable bonds is 1. The van der Waals surface area contributed by atoms with Crippen LogP contribution in [0.4, 0.5) is 0 Å². The average Bonchev–Trinajstić information content (AvgIpc) is 1.88. The zero-order chi connectivity index (χ0) is 7.56. The van der Waals surface area contributed by atoms with Crippen molar-refractivity contribution in [3.63, 3.8) is 0 Å². The van der Waals surface area contributed by atoms with E-state index in [0.717, 1.165) is 11.8 Å². The van der Waals surface area contributed by atoms with Crippen LogP contribution in [-0.2, 0) is 0 Å². The van der Waals surface area contributed by atoms with Gasteiger partial charge in [0.15, 0.2) is 0 Å². The van der Waals surface area contributed by atoms with Gasteiger partial charge in [-0.3, -0.25) is 0 Å². The summed E-state index contributed by atoms with van der Waals surface area (Å²) in [4.78, 5) is 0. The second-order valence-corrected chi connectivity index (χ2v) is 3.58. The van der Waals surface area contributed by atoms with E-state index >= 15 is 0 Å². The van der Waals surface area contributed by atoms with Gasteiger partial charge in [-0.1, -0.05) is 31.9 Å². The van der Waals surface area contributed by atoms with E-state index in [0.29, 0.717) is 0 Å². The van der Waals surface area contributed by atoms with Crippen LogP contribution in [0.5, 0.6) is 0 Å². The molecule has 0 saturated carbocycles. The summed E-state index contributed by atoms with van der Waals surface area (Å²) in [5.74, 6) is 1.79. The Balaban J connectivity index is 2.55. The fourth-order valence-corrected chi connectivity index (χ4v) is 1.92. The molecule has 1 aliphatic rings. The highest BCUT2D eigenvalue weighted by atomic mass is 14.2. The van der Waals surface area contributed by atoms with Crippen molar-refractivity contribution >= 4 is 0 Å². The Morgan fingerprint density at radius 1 is 1.60 bits per heavy atom. The maximum Gasteiger partial charge on any atom is -0.0231 e. The lowest BCUT2D eigenvalue weighted by atomic mass is 9.81. The first-order chi connectivity index (χ1) is 4.74. The summed E-state index contributed by atoms with van der Waals surface area (Å²) in [5, 5.41) is 0. The molecule has 0 bridgehead atoms. The molecule has 2 unspecified atom stereocenters. The SMILES string of the molecule is CCC1CCC(C)=CC1C. The normalized spacial score (nSPS) is 33.7. The van der Waals surface area contributed by atoms with E-state index in [9.17, 15) is 0 Å². The molecule has 0 aliphatic heterocycles. The van der Waals surface area contributed by atoms with Crippen LogP contribution in [0.3, 0.4) is 0 Å². The molecule has 2 atom stereocenters. The molecule has 0 amide bonds. The van der Waals surface area contributed by atoms with Gasteiger partial charge in [-0.25, -0.2) is 0 Å². The van der Waals surface area contributed by atoms with Gasteiger partial charge in [0, 0.05) is 0 Å². The highest BCUT2D eigenvalue weighted by molar-refractivity contribution is 5.05. The Kier molecular flexibility index (Phi) is 2.53. The molecule has 0 aromatic carbocycles. The zero-order valence-electron chi connectivity index (χ0n) is 7.35. The third-order valence-corrected chi connectivity index (χ3v) is 2.72. The molecule has 0 heterocycles. The molecule has 0 radical (unpaired) electrons. The van der Waals surface area contributed by atoms with Crippen LogP contribution in [0.15, 0.2) is 11.6 Å². The van der Waals surface area contributed by atoms with Gasteiger partial charge in [-0.2, -0.15) is 0 Å². The van der Waals surface area contributed by atoms with Crippen molar-refractivity contribution < 1.29 is 0 Å². The molecule has 58 valence electrons. The van der Waals surface area contributed by atoms with Gasteiger partial charge < -0.3 is 0 Å². The van der Waals surface area contributed by atoms with E-state index in [2.05, 4.69) is 26.8 Å². The number of hydrogen-bond acceptors (Lipinski definition) is 0. The van der Waals surface area contributed by atoms with Crippen molar-refractivity contribution in [1.29, 1.82) is 0 Å². The Bertz CT molecular complexity index is 133. The van der Waals surface area contributed by atoms with Crippen LogP contribution in [-0.4, -0.2) is 0 Å². The summed E-state index contributed by atoms with van der Waals surface area (Å²) in [6, 6.07) is 0. The Morgan fingerprint density at radius 3 is 2.80 bits per heavy atom. The van der Waals surface area contributed by atoms with Gasteiger partial charge in [0.1, 0.15) is 0 Å². The Morgan fingerprint density at radius 2 is 2.30 bits per heavy atom. The summed E-state index contributed by atoms with van der Waals surface area (Å²) >= 11 is 0. The van der Waals surface area contributed by atoms with Crippen molar-refractivity contribution in [1.82, 2.24) is 0 Å². The molecule has 0 N–H and O–H groups in total. The molecule has 0 spiro atoms. The third-order valence-electron chi connectivity index (χ3n) is 2.72. The minimum Gasteiger partial charge on any atom is -0.0825 e. The molecule has 0 fully saturated rings. The summed E-state index contributed by atoms with van der Waals surface area (Å²) in [6.45, 7) is 6.90. The monoisotopic (exact) mass is 138 g/mol. The first kappa shape index (κ1) is 7.84. The molecule has 0 nitrogen and oxygen atoms in total. The summed E-state index contributed by atoms with van der Waals surface area (Å²) in [6.07, 6.45) is 6.55. The highest BCUT2D eigenvalue weighted by Gasteiger charge is 2.17. The predicted molar refractivity (Wildman–Crippen MR) is 45.9 cm³/mol. The van der Waals surface area contributed by atoms with Crippen molar-refractivity contribution in [3.8, 4) is 0 Å². The number of allylic oxidation sites excluding steroid dienone is 2. The van der Waals surface area contributed by atoms with Gasteiger partial charge in [-0.15, -0.1) is 0 Å². The maximum atomic E-state index is 2.44. The minimum atomic E-state index is 0.832. The zero-order valence-corrected chi connectivity index (χ0v) is 7.35. The fourth-order valence-electron chi connectivity index (χ4n) is 1.92. The molecular weight excluding hydrogens is 120 g/mol. The first-order valence-corrected chi connectivity index (χ1v) is 4.41. The Labute approximate surface area is 64.3 Å². The molecule has 1 aliphatic carbocycles. The van der Waals surface area contributed by atoms with E-state index in [4.69, 9.17) is 0 Å². The summed E-state index contributed by atoms with van der Waals surface area (Å²) in [5.41, 5.74) is 1.59. The van der Waals surface area contributed by atoms with Crippen LogP contribution >= 0.6 is 0 Å². The van der Waals surface area contributed by atoms with E-state index in [-0.39, 0.29) is 0 Å². The second kappa shape index (κ2) is 3.23. The van der Waals surface area contributed by atoms with E-state index in [1.807, 2.05) is 0 Å². The standard InChI is InChI=1S/C10H18/c1-4-10-6-5-8(2)7-9(10)3/h7,9-10H,4-6H2,1-3H3. The quantitative estimate of drug-likeness (QED) is 0.487. The fraction of sp³-hybridized carbons (Fsp3) is 0.800. The highest BCUT2D eigenvalue weighted by Crippen LogP contribution is 2.29. The van der Waals surface area contributed by atoms with Crippen LogP contribution < -0.4 is 0 Å². The summed E-state index contributed by atoms with van der Waals surface area (Å²) in [7, 11) is 0. The Hall–Kier alpha value is -0.260. The van der Waals surface area contributed by atoms with Crippen LogP contribution in [0.2, 0.25) is 0 Å². The predicted octanol–water partition coefficient (Wildman–Crippen LogP) is 3.39. The topological polar surface area (TPSA) is 0 Å². The molecule has 0 aromatic heterocycles. The van der Waals surface area contributed by atoms with E-state index in [1.54, 1.807) is 5.57 Å². The van der Waals surface area contributed by atoms with Crippen molar-refractivity contribution in [2.45, 2.75) is 40.0 Å². The first-order valence-electron chi connectivity index (χ1n) is 4.41. The van der Waals surface area contributed by atoms with Gasteiger partial charge in [-0.05, 0) is 31.6 Å². The van der Waals surface area contributed by atoms with E-state index < -0.39 is 0 Å². The largest absolute Gasteiger partial charge is 0.0825 e. The molecule has 0 aromatic rings. The molecular formula is C10H18. The molecule has 10 heavy (non-hydrogen) atoms. The van der Waals surface area contributed by atoms with Crippen molar-refractivity contribution in [3.05, 3.63) is 11.6 Å². The van der Waals surface area contributed by atoms with Crippen LogP contribution in [0.1, 0.15) is 40.0 Å². The maximum absolute atomic E-state index is 2.44. The lowest BCUT2D eigenvalue weighted by molar-refractivity contribution is 0.360. The second-order valence-electron chi connectivity index (χ2n) is 3.58. The average molecular weight is 138 g/mol. The lowest BCUT2D eigenvalue weighted by Gasteiger charge is -2.25. The van der Waals surface area contributed by atoms with Gasteiger partial charge >= 0.3 is 0 Å². The van der Waals surface area contributed by atoms with Crippen LogP contribution in [0, 0.1) is 11.8 Å². The summed E-state index contributed by atoms with van der Waals surface area (Å²) < 4.78 is 0. The minimum absolute atomic E-state index is 0.832. The van der Waals surface area contributed by atoms with Gasteiger partial charge in [0.2, 0.25) is 0 Å². The molecule has 0 saturated heterocycles.